The molecule has 0 heterocycles. The van der Waals surface area contributed by atoms with Gasteiger partial charge >= 0.3 is 6.18 Å². The zero-order valence-electron chi connectivity index (χ0n) is 10.7. The van der Waals surface area contributed by atoms with Crippen LogP contribution in [0.4, 0.5) is 24.5 Å². The monoisotopic (exact) mass is 312 g/mol. The number of alkyl halides is 3. The van der Waals surface area contributed by atoms with Crippen molar-refractivity contribution in [3.05, 3.63) is 18.2 Å². The maximum atomic E-state index is 12.5. The van der Waals surface area contributed by atoms with Gasteiger partial charge in [-0.05, 0) is 18.2 Å². The Morgan fingerprint density at radius 2 is 1.95 bits per heavy atom. The molecule has 114 valence electrons. The summed E-state index contributed by atoms with van der Waals surface area (Å²) < 4.78 is 60.0. The quantitative estimate of drug-likeness (QED) is 0.794. The molecule has 0 bridgehead atoms. The molecule has 3 N–H and O–H groups in total. The van der Waals surface area contributed by atoms with Gasteiger partial charge in [0, 0.05) is 12.8 Å². The number of rotatable bonds is 5. The van der Waals surface area contributed by atoms with Gasteiger partial charge in [-0.15, -0.1) is 0 Å². The lowest BCUT2D eigenvalue weighted by molar-refractivity contribution is -0.119. The lowest BCUT2D eigenvalue weighted by Gasteiger charge is -2.26. The number of sulfone groups is 1. The first-order valence-corrected chi connectivity index (χ1v) is 7.46. The molecule has 0 spiro atoms. The molecule has 1 aromatic carbocycles. The molecule has 0 atom stereocenters. The summed E-state index contributed by atoms with van der Waals surface area (Å²) in [6.45, 7) is -2.03. The standard InChI is InChI=1S/C11H15F3N2O3S/c1-20(18,19)8-2-3-10(9(15)6-8)16(4-5-17)7-11(12,13)14/h2-3,6,17H,4-5,7,15H2,1H3. The van der Waals surface area contributed by atoms with E-state index >= 15 is 0 Å². The topological polar surface area (TPSA) is 83.6 Å². The average molecular weight is 312 g/mol. The van der Waals surface area contributed by atoms with Gasteiger partial charge in [0.1, 0.15) is 6.54 Å². The van der Waals surface area contributed by atoms with Crippen molar-refractivity contribution in [1.29, 1.82) is 0 Å². The van der Waals surface area contributed by atoms with Crippen LogP contribution >= 0.6 is 0 Å². The van der Waals surface area contributed by atoms with Crippen LogP contribution in [0.2, 0.25) is 0 Å². The van der Waals surface area contributed by atoms with E-state index in [2.05, 4.69) is 0 Å². The first kappa shape index (κ1) is 16.6. The van der Waals surface area contributed by atoms with Crippen molar-refractivity contribution >= 4 is 21.2 Å². The summed E-state index contributed by atoms with van der Waals surface area (Å²) in [4.78, 5) is 0.774. The van der Waals surface area contributed by atoms with Crippen molar-refractivity contribution in [3.8, 4) is 0 Å². The molecule has 0 unspecified atom stereocenters. The second-order valence-electron chi connectivity index (χ2n) is 4.25. The van der Waals surface area contributed by atoms with E-state index in [1.54, 1.807) is 0 Å². The van der Waals surface area contributed by atoms with Gasteiger partial charge < -0.3 is 15.7 Å². The fourth-order valence-electron chi connectivity index (χ4n) is 1.67. The molecule has 5 nitrogen and oxygen atoms in total. The molecular weight excluding hydrogens is 297 g/mol. The van der Waals surface area contributed by atoms with E-state index in [4.69, 9.17) is 10.8 Å². The Balaban J connectivity index is 3.15. The molecule has 9 heteroatoms. The summed E-state index contributed by atoms with van der Waals surface area (Å²) in [7, 11) is -3.49. The smallest absolute Gasteiger partial charge is 0.397 e. The van der Waals surface area contributed by atoms with Crippen molar-refractivity contribution < 1.29 is 26.7 Å². The Kier molecular flexibility index (Phi) is 4.87. The minimum atomic E-state index is -4.46. The van der Waals surface area contributed by atoms with E-state index in [1.165, 1.54) is 12.1 Å². The van der Waals surface area contributed by atoms with Crippen molar-refractivity contribution in [2.24, 2.45) is 0 Å². The van der Waals surface area contributed by atoms with Gasteiger partial charge in [-0.1, -0.05) is 0 Å². The normalized spacial score (nSPS) is 12.4. The van der Waals surface area contributed by atoms with Crippen molar-refractivity contribution in [2.45, 2.75) is 11.1 Å². The molecule has 0 amide bonds. The number of halogens is 3. The largest absolute Gasteiger partial charge is 0.405 e. The van der Waals surface area contributed by atoms with E-state index < -0.39 is 29.2 Å². The van der Waals surface area contributed by atoms with Gasteiger partial charge in [0.2, 0.25) is 0 Å². The second-order valence-corrected chi connectivity index (χ2v) is 6.27. The maximum Gasteiger partial charge on any atom is 0.405 e. The van der Waals surface area contributed by atoms with Gasteiger partial charge in [-0.3, -0.25) is 0 Å². The Morgan fingerprint density at radius 3 is 2.35 bits per heavy atom. The van der Waals surface area contributed by atoms with Crippen LogP contribution in [-0.2, 0) is 9.84 Å². The average Bonchev–Trinajstić information content (AvgIpc) is 2.25. The van der Waals surface area contributed by atoms with E-state index in [-0.39, 0.29) is 22.8 Å². The number of benzene rings is 1. The molecule has 0 aliphatic carbocycles. The lowest BCUT2D eigenvalue weighted by Crippen LogP contribution is -2.36. The number of anilines is 2. The third kappa shape index (κ3) is 4.57. The van der Waals surface area contributed by atoms with Gasteiger partial charge in [-0.2, -0.15) is 13.2 Å². The predicted molar refractivity (Wildman–Crippen MR) is 69.3 cm³/mol. The van der Waals surface area contributed by atoms with E-state index in [0.717, 1.165) is 17.2 Å². The Morgan fingerprint density at radius 1 is 1.35 bits per heavy atom. The van der Waals surface area contributed by atoms with Crippen molar-refractivity contribution in [1.82, 2.24) is 0 Å². The van der Waals surface area contributed by atoms with Crippen LogP contribution in [-0.4, -0.2) is 45.7 Å². The first-order valence-electron chi connectivity index (χ1n) is 5.57. The summed E-state index contributed by atoms with van der Waals surface area (Å²) >= 11 is 0. The molecule has 0 saturated carbocycles. The molecular formula is C11H15F3N2O3S. The molecule has 0 aromatic heterocycles. The Bertz CT molecular complexity index is 573. The van der Waals surface area contributed by atoms with Crippen LogP contribution < -0.4 is 10.6 Å². The van der Waals surface area contributed by atoms with E-state index in [9.17, 15) is 21.6 Å². The number of hydrogen-bond acceptors (Lipinski definition) is 5. The highest BCUT2D eigenvalue weighted by Crippen LogP contribution is 2.29. The number of nitrogens with zero attached hydrogens (tertiary/aromatic N) is 1. The summed E-state index contributed by atoms with van der Waals surface area (Å²) in [6, 6.07) is 3.49. The molecule has 0 saturated heterocycles. The van der Waals surface area contributed by atoms with Crippen molar-refractivity contribution in [3.63, 3.8) is 0 Å². The predicted octanol–water partition coefficient (Wildman–Crippen LogP) is 1.03. The number of aliphatic hydroxyl groups is 1. The SMILES string of the molecule is CS(=O)(=O)c1ccc(N(CCO)CC(F)(F)F)c(N)c1. The molecule has 0 aliphatic heterocycles. The maximum absolute atomic E-state index is 12.5. The van der Waals surface area contributed by atoms with E-state index in [0.29, 0.717) is 0 Å². The fraction of sp³-hybridized carbons (Fsp3) is 0.455. The number of hydrogen-bond donors (Lipinski definition) is 2. The minimum absolute atomic E-state index is 0.0313. The fourth-order valence-corrected chi connectivity index (χ4v) is 2.33. The molecule has 0 aliphatic rings. The molecule has 0 radical (unpaired) electrons. The van der Waals surface area contributed by atoms with Crippen molar-refractivity contribution in [2.75, 3.05) is 36.6 Å². The highest BCUT2D eigenvalue weighted by Gasteiger charge is 2.31. The summed E-state index contributed by atoms with van der Waals surface area (Å²) in [5, 5.41) is 8.82. The summed E-state index contributed by atoms with van der Waals surface area (Å²) in [5.74, 6) is 0. The third-order valence-corrected chi connectivity index (χ3v) is 3.62. The lowest BCUT2D eigenvalue weighted by atomic mass is 10.2. The molecule has 0 fully saturated rings. The van der Waals surface area contributed by atoms with Gasteiger partial charge in [0.15, 0.2) is 9.84 Å². The van der Waals surface area contributed by atoms with Gasteiger partial charge in [-0.25, -0.2) is 8.42 Å². The number of nitrogens with two attached hydrogens (primary N) is 1. The zero-order valence-corrected chi connectivity index (χ0v) is 11.5. The van der Waals surface area contributed by atoms with Crippen LogP contribution in [0.15, 0.2) is 23.1 Å². The minimum Gasteiger partial charge on any atom is -0.397 e. The molecule has 1 aromatic rings. The summed E-state index contributed by atoms with van der Waals surface area (Å²) in [5.41, 5.74) is 5.55. The van der Waals surface area contributed by atoms with Crippen LogP contribution in [0, 0.1) is 0 Å². The zero-order chi connectivity index (χ0) is 15.6. The van der Waals surface area contributed by atoms with Crippen LogP contribution in [0.25, 0.3) is 0 Å². The highest BCUT2D eigenvalue weighted by atomic mass is 32.2. The van der Waals surface area contributed by atoms with Crippen LogP contribution in [0.5, 0.6) is 0 Å². The third-order valence-electron chi connectivity index (χ3n) is 2.51. The summed E-state index contributed by atoms with van der Waals surface area (Å²) in [6.07, 6.45) is -3.49. The Hall–Kier alpha value is -1.48. The van der Waals surface area contributed by atoms with Gasteiger partial charge in [0.05, 0.1) is 22.9 Å². The number of aliphatic hydroxyl groups excluding tert-OH is 1. The highest BCUT2D eigenvalue weighted by molar-refractivity contribution is 7.90. The second kappa shape index (κ2) is 5.88. The molecule has 20 heavy (non-hydrogen) atoms. The van der Waals surface area contributed by atoms with E-state index in [1.807, 2.05) is 0 Å². The van der Waals surface area contributed by atoms with Crippen LogP contribution in [0.1, 0.15) is 0 Å². The number of nitrogen functional groups attached to an aromatic ring is 1. The van der Waals surface area contributed by atoms with Gasteiger partial charge in [0.25, 0.3) is 0 Å². The first-order chi connectivity index (χ1) is 9.04. The Labute approximate surface area is 114 Å². The molecule has 1 rings (SSSR count). The van der Waals surface area contributed by atoms with Crippen LogP contribution in [0.3, 0.4) is 0 Å².